The Morgan fingerprint density at radius 3 is 2.56 bits per heavy atom. The van der Waals surface area contributed by atoms with Crippen LogP contribution in [0.4, 0.5) is 9.52 Å². The Bertz CT molecular complexity index is 1180. The third-order valence-corrected chi connectivity index (χ3v) is 7.32. The van der Waals surface area contributed by atoms with Gasteiger partial charge in [-0.25, -0.2) is 9.37 Å². The highest BCUT2D eigenvalue weighted by Crippen LogP contribution is 2.31. The Morgan fingerprint density at radius 2 is 1.81 bits per heavy atom. The van der Waals surface area contributed by atoms with Gasteiger partial charge in [0.1, 0.15) is 5.82 Å². The van der Waals surface area contributed by atoms with Crippen LogP contribution >= 0.6 is 23.1 Å². The van der Waals surface area contributed by atoms with Crippen LogP contribution in [0.25, 0.3) is 10.2 Å². The first-order valence-corrected chi connectivity index (χ1v) is 12.5. The highest BCUT2D eigenvalue weighted by Gasteiger charge is 2.20. The van der Waals surface area contributed by atoms with Crippen molar-refractivity contribution in [1.29, 1.82) is 0 Å². The topological polar surface area (TPSA) is 33.2 Å². The van der Waals surface area contributed by atoms with E-state index in [9.17, 15) is 9.18 Å². The third-order valence-electron chi connectivity index (χ3n) is 5.18. The molecule has 4 rings (SSSR count). The lowest BCUT2D eigenvalue weighted by molar-refractivity contribution is -0.118. The van der Waals surface area contributed by atoms with Crippen LogP contribution in [0.5, 0.6) is 0 Å². The molecule has 0 atom stereocenters. The molecule has 4 aromatic rings. The van der Waals surface area contributed by atoms with Crippen LogP contribution in [-0.4, -0.2) is 16.6 Å². The standard InChI is InChI=1S/C26H25FN2OS2/c1-2-19-10-15-23-24(17-19)32-26(28-23)29(18-20-7-4-3-5-8-20)25(30)9-6-16-31-22-13-11-21(27)12-14-22/h3-5,7-8,10-15,17H,2,6,9,16,18H2,1H3. The molecule has 0 aliphatic carbocycles. The van der Waals surface area contributed by atoms with Crippen LogP contribution in [-0.2, 0) is 17.8 Å². The summed E-state index contributed by atoms with van der Waals surface area (Å²) in [5.41, 5.74) is 3.28. The van der Waals surface area contributed by atoms with E-state index in [2.05, 4.69) is 19.1 Å². The molecule has 1 aromatic heterocycles. The van der Waals surface area contributed by atoms with Gasteiger partial charge in [-0.15, -0.1) is 11.8 Å². The lowest BCUT2D eigenvalue weighted by Crippen LogP contribution is -2.30. The summed E-state index contributed by atoms with van der Waals surface area (Å²) in [6, 6.07) is 22.8. The number of hydrogen-bond acceptors (Lipinski definition) is 4. The highest BCUT2D eigenvalue weighted by atomic mass is 32.2. The van der Waals surface area contributed by atoms with E-state index in [-0.39, 0.29) is 11.7 Å². The van der Waals surface area contributed by atoms with Gasteiger partial charge in [0.25, 0.3) is 0 Å². The first-order chi connectivity index (χ1) is 15.6. The minimum atomic E-state index is -0.233. The minimum absolute atomic E-state index is 0.0725. The fourth-order valence-corrected chi connectivity index (χ4v) is 5.30. The number of fused-ring (bicyclic) bond motifs is 1. The van der Waals surface area contributed by atoms with Crippen molar-refractivity contribution in [1.82, 2.24) is 4.98 Å². The van der Waals surface area contributed by atoms with E-state index in [1.165, 1.54) is 17.7 Å². The summed E-state index contributed by atoms with van der Waals surface area (Å²) in [5, 5.41) is 0.744. The van der Waals surface area contributed by atoms with Crippen molar-refractivity contribution in [3.63, 3.8) is 0 Å². The molecule has 0 N–H and O–H groups in total. The number of benzene rings is 3. The molecule has 0 fully saturated rings. The van der Waals surface area contributed by atoms with Gasteiger partial charge in [0.15, 0.2) is 5.13 Å². The van der Waals surface area contributed by atoms with Crippen molar-refractivity contribution in [2.24, 2.45) is 0 Å². The second kappa shape index (κ2) is 10.7. The summed E-state index contributed by atoms with van der Waals surface area (Å²) >= 11 is 3.21. The van der Waals surface area contributed by atoms with Gasteiger partial charge in [0, 0.05) is 11.3 Å². The zero-order valence-corrected chi connectivity index (χ0v) is 19.6. The molecule has 1 amide bonds. The highest BCUT2D eigenvalue weighted by molar-refractivity contribution is 7.99. The maximum absolute atomic E-state index is 13.2. The molecular weight excluding hydrogens is 439 g/mol. The zero-order valence-electron chi connectivity index (χ0n) is 18.0. The molecule has 164 valence electrons. The zero-order chi connectivity index (χ0) is 22.3. The summed E-state index contributed by atoms with van der Waals surface area (Å²) in [4.78, 5) is 20.8. The van der Waals surface area contributed by atoms with Crippen LogP contribution in [0.1, 0.15) is 30.9 Å². The fourth-order valence-electron chi connectivity index (χ4n) is 3.40. The SMILES string of the molecule is CCc1ccc2nc(N(Cc3ccccc3)C(=O)CCCSc3ccc(F)cc3)sc2c1. The first kappa shape index (κ1) is 22.5. The number of carbonyl (C=O) groups is 1. The number of amides is 1. The van der Waals surface area contributed by atoms with Gasteiger partial charge in [-0.2, -0.15) is 0 Å². The number of rotatable bonds is 9. The summed E-state index contributed by atoms with van der Waals surface area (Å²) in [7, 11) is 0. The van der Waals surface area contributed by atoms with Gasteiger partial charge >= 0.3 is 0 Å². The maximum Gasteiger partial charge on any atom is 0.229 e. The molecule has 6 heteroatoms. The smallest absolute Gasteiger partial charge is 0.229 e. The Morgan fingerprint density at radius 1 is 1.03 bits per heavy atom. The molecule has 3 aromatic carbocycles. The van der Waals surface area contributed by atoms with Gasteiger partial charge in [-0.1, -0.05) is 54.7 Å². The number of carbonyl (C=O) groups excluding carboxylic acids is 1. The molecule has 0 aliphatic rings. The average Bonchev–Trinajstić information content (AvgIpc) is 3.25. The number of anilines is 1. The van der Waals surface area contributed by atoms with Crippen LogP contribution in [0.2, 0.25) is 0 Å². The second-order valence-electron chi connectivity index (χ2n) is 7.52. The van der Waals surface area contributed by atoms with Crippen LogP contribution < -0.4 is 4.90 Å². The molecule has 0 aliphatic heterocycles. The van der Waals surface area contributed by atoms with E-state index in [0.29, 0.717) is 13.0 Å². The third kappa shape index (κ3) is 5.75. The number of halogens is 1. The molecule has 0 bridgehead atoms. The van der Waals surface area contributed by atoms with Crippen molar-refractivity contribution in [2.75, 3.05) is 10.7 Å². The molecule has 0 spiro atoms. The molecular formula is C26H25FN2OS2. The number of aromatic nitrogens is 1. The van der Waals surface area contributed by atoms with E-state index in [0.717, 1.165) is 44.4 Å². The summed E-state index contributed by atoms with van der Waals surface area (Å²) in [6.07, 6.45) is 2.16. The lowest BCUT2D eigenvalue weighted by Gasteiger charge is -2.20. The van der Waals surface area contributed by atoms with Crippen LogP contribution in [0.15, 0.2) is 77.7 Å². The van der Waals surface area contributed by atoms with Gasteiger partial charge in [0.2, 0.25) is 5.91 Å². The largest absolute Gasteiger partial charge is 0.284 e. The number of thioether (sulfide) groups is 1. The monoisotopic (exact) mass is 464 g/mol. The van der Waals surface area contributed by atoms with E-state index in [1.54, 1.807) is 35.2 Å². The van der Waals surface area contributed by atoms with Crippen molar-refractivity contribution in [3.05, 3.63) is 89.7 Å². The molecule has 0 saturated heterocycles. The van der Waals surface area contributed by atoms with Crippen molar-refractivity contribution in [3.8, 4) is 0 Å². The Kier molecular flexibility index (Phi) is 7.55. The van der Waals surface area contributed by atoms with Crippen molar-refractivity contribution >= 4 is 44.4 Å². The summed E-state index contributed by atoms with van der Waals surface area (Å²) < 4.78 is 14.2. The number of hydrogen-bond donors (Lipinski definition) is 0. The van der Waals surface area contributed by atoms with E-state index in [4.69, 9.17) is 4.98 Å². The predicted octanol–water partition coefficient (Wildman–Crippen LogP) is 7.10. The van der Waals surface area contributed by atoms with Gasteiger partial charge in [-0.3, -0.25) is 9.69 Å². The van der Waals surface area contributed by atoms with Gasteiger partial charge < -0.3 is 0 Å². The molecule has 0 unspecified atom stereocenters. The summed E-state index contributed by atoms with van der Waals surface area (Å²) in [6.45, 7) is 2.64. The Hall–Kier alpha value is -2.70. The number of nitrogens with zero attached hydrogens (tertiary/aromatic N) is 2. The fraction of sp³-hybridized carbons (Fsp3) is 0.231. The van der Waals surface area contributed by atoms with Crippen LogP contribution in [0.3, 0.4) is 0 Å². The average molecular weight is 465 g/mol. The number of thiazole rings is 1. The first-order valence-electron chi connectivity index (χ1n) is 10.7. The predicted molar refractivity (Wildman–Crippen MR) is 133 cm³/mol. The van der Waals surface area contributed by atoms with Crippen molar-refractivity contribution in [2.45, 2.75) is 37.6 Å². The summed E-state index contributed by atoms with van der Waals surface area (Å²) in [5.74, 6) is 0.641. The lowest BCUT2D eigenvalue weighted by atomic mass is 10.2. The molecule has 1 heterocycles. The molecule has 0 saturated carbocycles. The van der Waals surface area contributed by atoms with E-state index >= 15 is 0 Å². The van der Waals surface area contributed by atoms with E-state index < -0.39 is 0 Å². The molecule has 32 heavy (non-hydrogen) atoms. The number of aryl methyl sites for hydroxylation is 1. The molecule has 3 nitrogen and oxygen atoms in total. The Labute approximate surface area is 196 Å². The quantitative estimate of drug-likeness (QED) is 0.196. The minimum Gasteiger partial charge on any atom is -0.284 e. The molecule has 0 radical (unpaired) electrons. The van der Waals surface area contributed by atoms with E-state index in [1.807, 2.05) is 41.3 Å². The van der Waals surface area contributed by atoms with Crippen LogP contribution in [0, 0.1) is 5.82 Å². The maximum atomic E-state index is 13.2. The van der Waals surface area contributed by atoms with Gasteiger partial charge in [-0.05, 0) is 66.1 Å². The van der Waals surface area contributed by atoms with Crippen molar-refractivity contribution < 1.29 is 9.18 Å². The normalized spacial score (nSPS) is 11.1. The second-order valence-corrected chi connectivity index (χ2v) is 9.70. The van der Waals surface area contributed by atoms with Gasteiger partial charge in [0.05, 0.1) is 16.8 Å². The Balaban J connectivity index is 1.47.